The van der Waals surface area contributed by atoms with Crippen molar-refractivity contribution in [3.05, 3.63) is 107 Å². The van der Waals surface area contributed by atoms with Gasteiger partial charge in [-0.15, -0.1) is 0 Å². The predicted molar refractivity (Wildman–Crippen MR) is 156 cm³/mol. The van der Waals surface area contributed by atoms with E-state index in [1.165, 1.54) is 25.5 Å². The van der Waals surface area contributed by atoms with Crippen molar-refractivity contribution in [3.8, 4) is 0 Å². The smallest absolute Gasteiger partial charge is 0.271 e. The molecule has 2 aliphatic heterocycles. The van der Waals surface area contributed by atoms with E-state index in [2.05, 4.69) is 20.2 Å². The number of nitrogens with one attached hydrogen (secondary N) is 1. The molecule has 3 atom stereocenters. The van der Waals surface area contributed by atoms with Crippen molar-refractivity contribution in [2.24, 2.45) is 0 Å². The summed E-state index contributed by atoms with van der Waals surface area (Å²) in [7, 11) is 0. The van der Waals surface area contributed by atoms with Crippen LogP contribution in [-0.4, -0.2) is 51.6 Å². The number of aliphatic hydroxyl groups excluding tert-OH is 1. The number of para-hydroxylation sites is 2. The summed E-state index contributed by atoms with van der Waals surface area (Å²) in [6.45, 7) is 3.53. The highest BCUT2D eigenvalue weighted by Crippen LogP contribution is 2.38. The fourth-order valence-corrected chi connectivity index (χ4v) is 5.60. The first-order chi connectivity index (χ1) is 20.1. The molecule has 8 heteroatoms. The third kappa shape index (κ3) is 6.80. The van der Waals surface area contributed by atoms with Crippen molar-refractivity contribution in [2.75, 3.05) is 19.6 Å². The number of amides is 1. The molecule has 3 unspecified atom stereocenters. The summed E-state index contributed by atoms with van der Waals surface area (Å²) in [5.41, 5.74) is 5.64. The summed E-state index contributed by atoms with van der Waals surface area (Å²) >= 11 is 0. The zero-order chi connectivity index (χ0) is 28.0. The molecule has 212 valence electrons. The van der Waals surface area contributed by atoms with Crippen LogP contribution in [0.3, 0.4) is 0 Å². The molecule has 0 spiro atoms. The van der Waals surface area contributed by atoms with Gasteiger partial charge in [0.25, 0.3) is 5.91 Å². The largest absolute Gasteiger partial charge is 0.392 e. The highest BCUT2D eigenvalue weighted by molar-refractivity contribution is 5.93. The predicted octanol–water partition coefficient (Wildman–Crippen LogP) is 5.08. The molecular formula is C33H36N4O4. The van der Waals surface area contributed by atoms with Crippen LogP contribution in [0.1, 0.15) is 70.8 Å². The molecule has 1 aromatic heterocycles. The van der Waals surface area contributed by atoms with Gasteiger partial charge in [-0.05, 0) is 54.8 Å². The van der Waals surface area contributed by atoms with E-state index in [-0.39, 0.29) is 24.7 Å². The normalized spacial score (nSPS) is 21.5. The second-order valence-electron chi connectivity index (χ2n) is 10.9. The number of ether oxygens (including phenoxy) is 2. The molecule has 6 rings (SSSR count). The number of carbonyl (C=O) groups is 1. The summed E-state index contributed by atoms with van der Waals surface area (Å²) < 4.78 is 13.0. The van der Waals surface area contributed by atoms with Gasteiger partial charge in [0.05, 0.1) is 36.0 Å². The van der Waals surface area contributed by atoms with E-state index in [1.807, 2.05) is 72.8 Å². The molecule has 3 heterocycles. The van der Waals surface area contributed by atoms with E-state index in [0.29, 0.717) is 17.8 Å². The van der Waals surface area contributed by atoms with E-state index in [9.17, 15) is 9.90 Å². The number of nitrogens with zero attached hydrogens (tertiary/aromatic N) is 3. The van der Waals surface area contributed by atoms with Crippen LogP contribution >= 0.6 is 0 Å². The molecule has 8 nitrogen and oxygen atoms in total. The number of hydrogen-bond donors (Lipinski definition) is 2. The van der Waals surface area contributed by atoms with Gasteiger partial charge in [0.1, 0.15) is 5.69 Å². The molecular weight excluding hydrogens is 516 g/mol. The van der Waals surface area contributed by atoms with Crippen molar-refractivity contribution in [3.63, 3.8) is 0 Å². The quantitative estimate of drug-likeness (QED) is 0.315. The molecule has 1 amide bonds. The fraction of sp³-hybridized carbons (Fsp3) is 0.364. The highest BCUT2D eigenvalue weighted by atomic mass is 16.7. The van der Waals surface area contributed by atoms with E-state index in [4.69, 9.17) is 9.47 Å². The zero-order valence-corrected chi connectivity index (χ0v) is 23.1. The third-order valence-electron chi connectivity index (χ3n) is 7.91. The van der Waals surface area contributed by atoms with E-state index in [1.54, 1.807) is 0 Å². The molecule has 2 fully saturated rings. The third-order valence-corrected chi connectivity index (χ3v) is 7.91. The van der Waals surface area contributed by atoms with Gasteiger partial charge in [-0.2, -0.15) is 0 Å². The first-order valence-electron chi connectivity index (χ1n) is 14.5. The van der Waals surface area contributed by atoms with Crippen LogP contribution in [0.4, 0.5) is 0 Å². The van der Waals surface area contributed by atoms with Crippen molar-refractivity contribution in [1.29, 1.82) is 0 Å². The Bertz CT molecular complexity index is 1450. The number of fused-ring (bicyclic) bond motifs is 1. The number of likely N-dealkylation sites (tertiary alicyclic amines) is 1. The molecule has 41 heavy (non-hydrogen) atoms. The first-order valence-corrected chi connectivity index (χ1v) is 14.5. The number of aliphatic hydroxyl groups is 1. The van der Waals surface area contributed by atoms with Crippen molar-refractivity contribution in [2.45, 2.75) is 57.3 Å². The van der Waals surface area contributed by atoms with Crippen molar-refractivity contribution in [1.82, 2.24) is 20.2 Å². The lowest BCUT2D eigenvalue weighted by molar-refractivity contribution is -0.253. The maximum atomic E-state index is 12.7. The summed E-state index contributed by atoms with van der Waals surface area (Å²) in [5.74, 6) is -0.262. The lowest BCUT2D eigenvalue weighted by Crippen LogP contribution is -2.41. The maximum Gasteiger partial charge on any atom is 0.271 e. The number of aromatic nitrogens is 2. The fourth-order valence-electron chi connectivity index (χ4n) is 5.60. The summed E-state index contributed by atoms with van der Waals surface area (Å²) in [6, 6.07) is 23.5. The average molecular weight is 553 g/mol. The van der Waals surface area contributed by atoms with Gasteiger partial charge in [0, 0.05) is 25.1 Å². The highest BCUT2D eigenvalue weighted by Gasteiger charge is 2.33. The molecule has 2 saturated heterocycles. The molecule has 2 aliphatic rings. The molecule has 0 saturated carbocycles. The molecule has 0 aliphatic carbocycles. The minimum Gasteiger partial charge on any atom is -0.392 e. The number of carbonyl (C=O) groups excluding carboxylic acids is 1. The van der Waals surface area contributed by atoms with Gasteiger partial charge in [0.2, 0.25) is 0 Å². The summed E-state index contributed by atoms with van der Waals surface area (Å²) in [4.78, 5) is 24.0. The number of hydrogen-bond acceptors (Lipinski definition) is 7. The Morgan fingerprint density at radius 2 is 1.59 bits per heavy atom. The van der Waals surface area contributed by atoms with Crippen LogP contribution < -0.4 is 5.32 Å². The Labute approximate surface area is 240 Å². The van der Waals surface area contributed by atoms with Crippen molar-refractivity contribution < 1.29 is 19.4 Å². The zero-order valence-electron chi connectivity index (χ0n) is 23.1. The van der Waals surface area contributed by atoms with Gasteiger partial charge < -0.3 is 24.8 Å². The molecule has 4 aromatic rings. The van der Waals surface area contributed by atoms with E-state index >= 15 is 0 Å². The van der Waals surface area contributed by atoms with Crippen molar-refractivity contribution >= 4 is 16.9 Å². The number of benzene rings is 3. The van der Waals surface area contributed by atoms with Crippen LogP contribution in [0.2, 0.25) is 0 Å². The Balaban J connectivity index is 1.12. The minimum atomic E-state index is -0.488. The van der Waals surface area contributed by atoms with Gasteiger partial charge >= 0.3 is 0 Å². The lowest BCUT2D eigenvalue weighted by Gasteiger charge is -2.39. The number of rotatable bonds is 8. The van der Waals surface area contributed by atoms with E-state index in [0.717, 1.165) is 53.8 Å². The molecule has 2 N–H and O–H groups in total. The second-order valence-corrected chi connectivity index (χ2v) is 10.9. The standard InChI is InChI=1S/C33H36N4O4/c38-22-24-10-12-25(13-11-24)31-18-27(21-37-16-4-1-5-17-37)40-33(41-31)26-14-8-23(9-15-26)19-35-32(39)30-20-34-28-6-2-3-7-29(28)36-30/h2-3,6-15,20,27,31,33,38H,1,4-5,16-19,21-22H2,(H,35,39). The van der Waals surface area contributed by atoms with Crippen LogP contribution in [0.15, 0.2) is 79.0 Å². The van der Waals surface area contributed by atoms with Gasteiger partial charge in [-0.25, -0.2) is 4.98 Å². The minimum absolute atomic E-state index is 0.0254. The van der Waals surface area contributed by atoms with Gasteiger partial charge in [-0.1, -0.05) is 67.1 Å². The Morgan fingerprint density at radius 1 is 0.878 bits per heavy atom. The average Bonchev–Trinajstić information content (AvgIpc) is 3.04. The van der Waals surface area contributed by atoms with Gasteiger partial charge in [0.15, 0.2) is 6.29 Å². The lowest BCUT2D eigenvalue weighted by atomic mass is 9.99. The monoisotopic (exact) mass is 552 g/mol. The van der Waals surface area contributed by atoms with Crippen LogP contribution in [0, 0.1) is 0 Å². The molecule has 0 radical (unpaired) electrons. The summed E-state index contributed by atoms with van der Waals surface area (Å²) in [5, 5.41) is 12.4. The Morgan fingerprint density at radius 3 is 2.34 bits per heavy atom. The second kappa shape index (κ2) is 12.9. The van der Waals surface area contributed by atoms with Crippen LogP contribution in [-0.2, 0) is 22.6 Å². The SMILES string of the molecule is O=C(NCc1ccc(C2OC(CN3CCCCC3)CC(c3ccc(CO)cc3)O2)cc1)c1cnc2ccccc2n1. The van der Waals surface area contributed by atoms with Gasteiger partial charge in [-0.3, -0.25) is 9.78 Å². The van der Waals surface area contributed by atoms with Crippen LogP contribution in [0.25, 0.3) is 11.0 Å². The first kappa shape index (κ1) is 27.5. The number of piperidine rings is 1. The Kier molecular flexibility index (Phi) is 8.63. The molecule has 0 bridgehead atoms. The summed E-state index contributed by atoms with van der Waals surface area (Å²) in [6.07, 6.45) is 5.54. The Hall–Kier alpha value is -3.69. The van der Waals surface area contributed by atoms with Crippen LogP contribution in [0.5, 0.6) is 0 Å². The molecule has 3 aromatic carbocycles. The van der Waals surface area contributed by atoms with E-state index < -0.39 is 6.29 Å². The maximum absolute atomic E-state index is 12.7. The topological polar surface area (TPSA) is 96.8 Å².